The van der Waals surface area contributed by atoms with Gasteiger partial charge in [-0.05, 0) is 55.8 Å². The van der Waals surface area contributed by atoms with Gasteiger partial charge in [-0.1, -0.05) is 31.5 Å². The molecule has 2 nitrogen and oxygen atoms in total. The predicted octanol–water partition coefficient (Wildman–Crippen LogP) is 3.43. The molecule has 0 bridgehead atoms. The minimum absolute atomic E-state index is 0.404. The summed E-state index contributed by atoms with van der Waals surface area (Å²) in [5, 5.41) is 0. The van der Waals surface area contributed by atoms with Gasteiger partial charge in [-0.25, -0.2) is 0 Å². The third kappa shape index (κ3) is 3.18. The number of hydrogen-bond donors (Lipinski definition) is 1. The van der Waals surface area contributed by atoms with E-state index >= 15 is 0 Å². The lowest BCUT2D eigenvalue weighted by Gasteiger charge is -2.29. The van der Waals surface area contributed by atoms with Gasteiger partial charge in [0.05, 0.1) is 0 Å². The molecule has 19 heavy (non-hydrogen) atoms. The van der Waals surface area contributed by atoms with Gasteiger partial charge in [-0.3, -0.25) is 4.90 Å². The Balaban J connectivity index is 2.14. The molecular formula is C17H28N2. The topological polar surface area (TPSA) is 29.3 Å². The fourth-order valence-electron chi connectivity index (χ4n) is 3.40. The van der Waals surface area contributed by atoms with E-state index in [4.69, 9.17) is 5.73 Å². The van der Waals surface area contributed by atoms with Crippen LogP contribution in [0.25, 0.3) is 0 Å². The van der Waals surface area contributed by atoms with Crippen molar-refractivity contribution in [1.82, 2.24) is 4.90 Å². The highest BCUT2D eigenvalue weighted by Gasteiger charge is 2.28. The Morgan fingerprint density at radius 3 is 2.84 bits per heavy atom. The molecule has 2 N–H and O–H groups in total. The quantitative estimate of drug-likeness (QED) is 0.879. The summed E-state index contributed by atoms with van der Waals surface area (Å²) in [7, 11) is 0. The van der Waals surface area contributed by atoms with Gasteiger partial charge < -0.3 is 5.73 Å². The van der Waals surface area contributed by atoms with Crippen molar-refractivity contribution in [3.8, 4) is 0 Å². The van der Waals surface area contributed by atoms with Crippen LogP contribution in [-0.4, -0.2) is 24.5 Å². The van der Waals surface area contributed by atoms with Crippen LogP contribution in [0.2, 0.25) is 0 Å². The fourth-order valence-corrected chi connectivity index (χ4v) is 3.40. The molecule has 1 saturated heterocycles. The average molecular weight is 260 g/mol. The van der Waals surface area contributed by atoms with Gasteiger partial charge in [0.2, 0.25) is 0 Å². The Hall–Kier alpha value is -0.860. The normalized spacial score (nSPS) is 21.8. The van der Waals surface area contributed by atoms with Crippen molar-refractivity contribution in [2.75, 3.05) is 19.6 Å². The molecule has 1 aromatic rings. The van der Waals surface area contributed by atoms with Gasteiger partial charge in [0.25, 0.3) is 0 Å². The Kier molecular flexibility index (Phi) is 5.00. The molecule has 1 heterocycles. The zero-order valence-corrected chi connectivity index (χ0v) is 12.7. The van der Waals surface area contributed by atoms with E-state index in [9.17, 15) is 0 Å². The maximum absolute atomic E-state index is 6.08. The second-order valence-corrected chi connectivity index (χ2v) is 5.98. The van der Waals surface area contributed by atoms with E-state index in [1.807, 2.05) is 0 Å². The minimum Gasteiger partial charge on any atom is -0.329 e. The van der Waals surface area contributed by atoms with Gasteiger partial charge in [-0.2, -0.15) is 0 Å². The summed E-state index contributed by atoms with van der Waals surface area (Å²) in [6.07, 6.45) is 4.01. The second kappa shape index (κ2) is 6.53. The van der Waals surface area contributed by atoms with Crippen LogP contribution in [0.1, 0.15) is 48.9 Å². The van der Waals surface area contributed by atoms with Gasteiger partial charge >= 0.3 is 0 Å². The van der Waals surface area contributed by atoms with Crippen molar-refractivity contribution < 1.29 is 0 Å². The SMILES string of the molecule is CCCC1CCN(C(CN)c2cccc(C)c2C)C1. The van der Waals surface area contributed by atoms with E-state index in [0.717, 1.165) is 12.5 Å². The van der Waals surface area contributed by atoms with E-state index in [1.165, 1.54) is 49.0 Å². The molecule has 2 rings (SSSR count). The molecule has 1 aliphatic heterocycles. The summed E-state index contributed by atoms with van der Waals surface area (Å²) in [6, 6.07) is 7.02. The van der Waals surface area contributed by atoms with E-state index in [1.54, 1.807) is 0 Å². The van der Waals surface area contributed by atoms with Crippen molar-refractivity contribution in [2.45, 2.75) is 46.1 Å². The Morgan fingerprint density at radius 2 is 2.16 bits per heavy atom. The smallest absolute Gasteiger partial charge is 0.0473 e. The molecule has 1 aromatic carbocycles. The van der Waals surface area contributed by atoms with Gasteiger partial charge in [-0.15, -0.1) is 0 Å². The zero-order chi connectivity index (χ0) is 13.8. The molecule has 1 fully saturated rings. The number of nitrogens with zero attached hydrogens (tertiary/aromatic N) is 1. The fraction of sp³-hybridized carbons (Fsp3) is 0.647. The lowest BCUT2D eigenvalue weighted by molar-refractivity contribution is 0.239. The highest BCUT2D eigenvalue weighted by atomic mass is 15.2. The van der Waals surface area contributed by atoms with E-state index < -0.39 is 0 Å². The third-order valence-electron chi connectivity index (χ3n) is 4.68. The number of aryl methyl sites for hydroxylation is 1. The number of nitrogens with two attached hydrogens (primary N) is 1. The van der Waals surface area contributed by atoms with Crippen LogP contribution in [0.15, 0.2) is 18.2 Å². The summed E-state index contributed by atoms with van der Waals surface area (Å²) in [6.45, 7) is 9.86. The first-order valence-electron chi connectivity index (χ1n) is 7.67. The number of hydrogen-bond acceptors (Lipinski definition) is 2. The minimum atomic E-state index is 0.404. The Morgan fingerprint density at radius 1 is 1.37 bits per heavy atom. The van der Waals surface area contributed by atoms with Gasteiger partial charge in [0, 0.05) is 19.1 Å². The molecule has 106 valence electrons. The molecule has 0 saturated carbocycles. The van der Waals surface area contributed by atoms with Gasteiger partial charge in [0.15, 0.2) is 0 Å². The van der Waals surface area contributed by atoms with Crippen LogP contribution in [0, 0.1) is 19.8 Å². The van der Waals surface area contributed by atoms with Crippen LogP contribution in [-0.2, 0) is 0 Å². The average Bonchev–Trinajstić information content (AvgIpc) is 2.84. The van der Waals surface area contributed by atoms with Crippen molar-refractivity contribution >= 4 is 0 Å². The lowest BCUT2D eigenvalue weighted by Crippen LogP contribution is -2.32. The maximum Gasteiger partial charge on any atom is 0.0473 e. The van der Waals surface area contributed by atoms with Crippen LogP contribution >= 0.6 is 0 Å². The molecule has 0 radical (unpaired) electrons. The molecule has 2 unspecified atom stereocenters. The monoisotopic (exact) mass is 260 g/mol. The molecule has 2 atom stereocenters. The Bertz CT molecular complexity index is 414. The summed E-state index contributed by atoms with van der Waals surface area (Å²) >= 11 is 0. The summed E-state index contributed by atoms with van der Waals surface area (Å²) in [5.41, 5.74) is 10.3. The van der Waals surface area contributed by atoms with Crippen molar-refractivity contribution in [3.63, 3.8) is 0 Å². The first-order valence-corrected chi connectivity index (χ1v) is 7.67. The van der Waals surface area contributed by atoms with Crippen molar-refractivity contribution in [2.24, 2.45) is 11.7 Å². The second-order valence-electron chi connectivity index (χ2n) is 5.98. The van der Waals surface area contributed by atoms with E-state index in [2.05, 4.69) is 43.9 Å². The highest BCUT2D eigenvalue weighted by molar-refractivity contribution is 5.35. The predicted molar refractivity (Wildman–Crippen MR) is 82.3 cm³/mol. The Labute approximate surface area is 118 Å². The zero-order valence-electron chi connectivity index (χ0n) is 12.7. The number of benzene rings is 1. The van der Waals surface area contributed by atoms with Crippen molar-refractivity contribution in [1.29, 1.82) is 0 Å². The largest absolute Gasteiger partial charge is 0.329 e. The van der Waals surface area contributed by atoms with Crippen LogP contribution in [0.4, 0.5) is 0 Å². The summed E-state index contributed by atoms with van der Waals surface area (Å²) < 4.78 is 0. The molecule has 2 heteroatoms. The summed E-state index contributed by atoms with van der Waals surface area (Å²) in [5.74, 6) is 0.879. The van der Waals surface area contributed by atoms with Gasteiger partial charge in [0.1, 0.15) is 0 Å². The lowest BCUT2D eigenvalue weighted by atomic mass is 9.96. The first-order chi connectivity index (χ1) is 9.17. The molecule has 0 amide bonds. The highest BCUT2D eigenvalue weighted by Crippen LogP contribution is 2.31. The number of rotatable bonds is 5. The van der Waals surface area contributed by atoms with E-state index in [0.29, 0.717) is 6.04 Å². The molecule has 1 aliphatic rings. The van der Waals surface area contributed by atoms with Crippen LogP contribution in [0.5, 0.6) is 0 Å². The van der Waals surface area contributed by atoms with Crippen LogP contribution < -0.4 is 5.73 Å². The molecule has 0 spiro atoms. The maximum atomic E-state index is 6.08. The number of likely N-dealkylation sites (tertiary alicyclic amines) is 1. The van der Waals surface area contributed by atoms with E-state index in [-0.39, 0.29) is 0 Å². The first kappa shape index (κ1) is 14.5. The van der Waals surface area contributed by atoms with Crippen LogP contribution in [0.3, 0.4) is 0 Å². The molecule has 0 aromatic heterocycles. The van der Waals surface area contributed by atoms with Crippen molar-refractivity contribution in [3.05, 3.63) is 34.9 Å². The third-order valence-corrected chi connectivity index (χ3v) is 4.68. The molecular weight excluding hydrogens is 232 g/mol. The standard InChI is InChI=1S/C17H28N2/c1-4-6-15-9-10-19(12-15)17(11-18)16-8-5-7-13(2)14(16)3/h5,7-8,15,17H,4,6,9-12,18H2,1-3H3. The molecule has 0 aliphatic carbocycles. The summed E-state index contributed by atoms with van der Waals surface area (Å²) in [4.78, 5) is 2.60.